The molecule has 0 unspecified atom stereocenters. The van der Waals surface area contributed by atoms with Gasteiger partial charge >= 0.3 is 6.18 Å². The highest BCUT2D eigenvalue weighted by Crippen LogP contribution is 2.39. The first kappa shape index (κ1) is 21.3. The third kappa shape index (κ3) is 3.68. The van der Waals surface area contributed by atoms with E-state index in [-0.39, 0.29) is 10.6 Å². The van der Waals surface area contributed by atoms with Crippen molar-refractivity contribution in [3.05, 3.63) is 76.2 Å². The Labute approximate surface area is 191 Å². The van der Waals surface area contributed by atoms with Crippen molar-refractivity contribution < 1.29 is 18.4 Å². The summed E-state index contributed by atoms with van der Waals surface area (Å²) in [6, 6.07) is 9.37. The number of anilines is 2. The fourth-order valence-corrected chi connectivity index (χ4v) is 4.33. The van der Waals surface area contributed by atoms with E-state index in [4.69, 9.17) is 16.8 Å². The normalized spacial score (nSPS) is 14.8. The van der Waals surface area contributed by atoms with E-state index in [9.17, 15) is 13.2 Å². The average Bonchev–Trinajstić information content (AvgIpc) is 3.35. The number of imidazole rings is 1. The monoisotopic (exact) mass is 471 g/mol. The molecule has 0 radical (unpaired) electrons. The number of aromatic nitrogens is 3. The Balaban J connectivity index is 1.66. The van der Waals surface area contributed by atoms with Gasteiger partial charge in [0.1, 0.15) is 11.5 Å². The Bertz CT molecular complexity index is 1430. The summed E-state index contributed by atoms with van der Waals surface area (Å²) in [7, 11) is 0. The number of alkyl halides is 3. The molecule has 6 nitrogen and oxygen atoms in total. The van der Waals surface area contributed by atoms with Crippen LogP contribution in [0.1, 0.15) is 28.8 Å². The summed E-state index contributed by atoms with van der Waals surface area (Å²) in [6.45, 7) is 1.78. The number of fused-ring (bicyclic) bond motifs is 2. The van der Waals surface area contributed by atoms with Crippen LogP contribution in [-0.4, -0.2) is 25.3 Å². The lowest BCUT2D eigenvalue weighted by Crippen LogP contribution is -2.06. The highest BCUT2D eigenvalue weighted by Gasteiger charge is 2.34. The van der Waals surface area contributed by atoms with Crippen molar-refractivity contribution in [2.24, 2.45) is 5.16 Å². The molecule has 1 aliphatic rings. The van der Waals surface area contributed by atoms with Crippen LogP contribution in [0.4, 0.5) is 24.7 Å². The first-order chi connectivity index (χ1) is 15.8. The molecule has 33 heavy (non-hydrogen) atoms. The van der Waals surface area contributed by atoms with Gasteiger partial charge < -0.3 is 10.5 Å². The fourth-order valence-electron chi connectivity index (χ4n) is 4.10. The van der Waals surface area contributed by atoms with Gasteiger partial charge in [-0.3, -0.25) is 9.38 Å². The minimum Gasteiger partial charge on any atom is -0.411 e. The van der Waals surface area contributed by atoms with Gasteiger partial charge in [0.15, 0.2) is 5.65 Å². The second-order valence-electron chi connectivity index (χ2n) is 7.75. The van der Waals surface area contributed by atoms with Crippen LogP contribution in [0, 0.1) is 6.92 Å². The minimum absolute atomic E-state index is 0.271. The number of aryl methyl sites for hydroxylation is 2. The van der Waals surface area contributed by atoms with E-state index in [1.54, 1.807) is 23.7 Å². The highest BCUT2D eigenvalue weighted by atomic mass is 35.5. The van der Waals surface area contributed by atoms with Crippen molar-refractivity contribution in [1.29, 1.82) is 0 Å². The smallest absolute Gasteiger partial charge is 0.411 e. The molecule has 0 amide bonds. The summed E-state index contributed by atoms with van der Waals surface area (Å²) in [6.07, 6.45) is 0.0923. The summed E-state index contributed by atoms with van der Waals surface area (Å²) >= 11 is 5.82. The van der Waals surface area contributed by atoms with Gasteiger partial charge in [0, 0.05) is 29.2 Å². The van der Waals surface area contributed by atoms with Gasteiger partial charge in [-0.1, -0.05) is 28.9 Å². The van der Waals surface area contributed by atoms with Gasteiger partial charge in [-0.25, -0.2) is 4.98 Å². The maximum atomic E-state index is 13.5. The van der Waals surface area contributed by atoms with Gasteiger partial charge in [-0.2, -0.15) is 13.2 Å². The molecule has 2 aromatic heterocycles. The van der Waals surface area contributed by atoms with Crippen LogP contribution < -0.4 is 5.32 Å². The lowest BCUT2D eigenvalue weighted by Gasteiger charge is -2.13. The average molecular weight is 472 g/mol. The Morgan fingerprint density at radius 1 is 1.15 bits per heavy atom. The zero-order valence-corrected chi connectivity index (χ0v) is 18.0. The van der Waals surface area contributed by atoms with Crippen LogP contribution >= 0.6 is 11.6 Å². The number of halogens is 4. The van der Waals surface area contributed by atoms with Gasteiger partial charge in [-0.15, -0.1) is 0 Å². The lowest BCUT2D eigenvalue weighted by atomic mass is 10.1. The number of benzene rings is 2. The van der Waals surface area contributed by atoms with Crippen LogP contribution in [0.3, 0.4) is 0 Å². The number of nitrogens with zero attached hydrogens (tertiary/aromatic N) is 4. The fraction of sp³-hybridized carbons (Fsp3) is 0.174. The second-order valence-corrected chi connectivity index (χ2v) is 8.16. The standard InChI is InChI=1S/C23H17ClF3N5O/c1-12-21-30-20(14-2-6-18(24)17(11-14)23(25,26)27)22(32(21)9-8-28-12)29-15-4-5-16-13(10-15)3-7-19(16)31-33/h2,4-6,8-11,29,33H,3,7H2,1H3/b31-19-. The molecular formula is C23H17ClF3N5O. The maximum Gasteiger partial charge on any atom is 0.417 e. The van der Waals surface area contributed by atoms with Gasteiger partial charge in [0.2, 0.25) is 0 Å². The van der Waals surface area contributed by atoms with Crippen LogP contribution in [0.25, 0.3) is 16.9 Å². The minimum atomic E-state index is -4.59. The third-order valence-corrected chi connectivity index (χ3v) is 6.02. The van der Waals surface area contributed by atoms with E-state index in [1.807, 2.05) is 18.2 Å². The summed E-state index contributed by atoms with van der Waals surface area (Å²) < 4.78 is 42.2. The number of hydrogen-bond donors (Lipinski definition) is 2. The molecule has 0 bridgehead atoms. The predicted molar refractivity (Wildman–Crippen MR) is 120 cm³/mol. The van der Waals surface area contributed by atoms with Crippen molar-refractivity contribution in [3.63, 3.8) is 0 Å². The second kappa shape index (κ2) is 7.77. The number of oxime groups is 1. The molecule has 0 saturated heterocycles. The van der Waals surface area contributed by atoms with Crippen molar-refractivity contribution in [1.82, 2.24) is 14.4 Å². The van der Waals surface area contributed by atoms with E-state index in [0.717, 1.165) is 29.3 Å². The molecule has 0 saturated carbocycles. The molecule has 0 atom stereocenters. The Kier molecular flexibility index (Phi) is 5.01. The molecule has 1 aliphatic carbocycles. The first-order valence-electron chi connectivity index (χ1n) is 10.1. The zero-order valence-electron chi connectivity index (χ0n) is 17.3. The van der Waals surface area contributed by atoms with Crippen molar-refractivity contribution in [3.8, 4) is 11.3 Å². The molecule has 2 aromatic carbocycles. The van der Waals surface area contributed by atoms with Crippen molar-refractivity contribution in [2.75, 3.05) is 5.32 Å². The molecule has 2 N–H and O–H groups in total. The maximum absolute atomic E-state index is 13.5. The predicted octanol–water partition coefficient (Wildman–Crippen LogP) is 6.25. The summed E-state index contributed by atoms with van der Waals surface area (Å²) in [5, 5.41) is 15.4. The van der Waals surface area contributed by atoms with Gasteiger partial charge in [0.25, 0.3) is 0 Å². The van der Waals surface area contributed by atoms with Crippen LogP contribution in [0.5, 0.6) is 0 Å². The summed E-state index contributed by atoms with van der Waals surface area (Å²) in [5.41, 5.74) is 4.11. The van der Waals surface area contributed by atoms with E-state index < -0.39 is 11.7 Å². The third-order valence-electron chi connectivity index (χ3n) is 5.69. The summed E-state index contributed by atoms with van der Waals surface area (Å²) in [5.74, 6) is 0.500. The van der Waals surface area contributed by atoms with Gasteiger partial charge in [0.05, 0.1) is 22.0 Å². The Morgan fingerprint density at radius 2 is 1.97 bits per heavy atom. The summed E-state index contributed by atoms with van der Waals surface area (Å²) in [4.78, 5) is 8.85. The molecule has 4 aromatic rings. The molecule has 168 valence electrons. The number of rotatable bonds is 3. The number of nitrogens with one attached hydrogen (secondary N) is 1. The van der Waals surface area contributed by atoms with Crippen LogP contribution in [-0.2, 0) is 12.6 Å². The topological polar surface area (TPSA) is 74.8 Å². The quantitative estimate of drug-likeness (QED) is 0.274. The Morgan fingerprint density at radius 3 is 2.73 bits per heavy atom. The Hall–Kier alpha value is -3.59. The van der Waals surface area contributed by atoms with Crippen LogP contribution in [0.15, 0.2) is 53.9 Å². The van der Waals surface area contributed by atoms with E-state index >= 15 is 0 Å². The van der Waals surface area contributed by atoms with E-state index in [0.29, 0.717) is 35.0 Å². The number of hydrogen-bond acceptors (Lipinski definition) is 5. The largest absolute Gasteiger partial charge is 0.417 e. The molecule has 5 rings (SSSR count). The zero-order chi connectivity index (χ0) is 23.3. The highest BCUT2D eigenvalue weighted by molar-refractivity contribution is 6.31. The van der Waals surface area contributed by atoms with E-state index in [1.165, 1.54) is 12.1 Å². The molecule has 10 heteroatoms. The van der Waals surface area contributed by atoms with Crippen molar-refractivity contribution >= 4 is 34.5 Å². The SMILES string of the molecule is Cc1nccn2c(Nc3ccc4c(c3)CC/C4=N/O)c(-c3ccc(Cl)c(C(F)(F)F)c3)nc12. The van der Waals surface area contributed by atoms with Crippen molar-refractivity contribution in [2.45, 2.75) is 25.9 Å². The van der Waals surface area contributed by atoms with Crippen LogP contribution in [0.2, 0.25) is 5.02 Å². The molecule has 0 aliphatic heterocycles. The molecule has 2 heterocycles. The first-order valence-corrected chi connectivity index (χ1v) is 10.5. The lowest BCUT2D eigenvalue weighted by molar-refractivity contribution is -0.137. The molecular weight excluding hydrogens is 455 g/mol. The molecule has 0 fully saturated rings. The van der Waals surface area contributed by atoms with E-state index in [2.05, 4.69) is 20.4 Å². The van der Waals surface area contributed by atoms with Gasteiger partial charge in [-0.05, 0) is 49.6 Å². The molecule has 0 spiro atoms.